The van der Waals surface area contributed by atoms with E-state index in [1.165, 1.54) is 11.6 Å². The van der Waals surface area contributed by atoms with Crippen LogP contribution in [0.5, 0.6) is 5.75 Å². The van der Waals surface area contributed by atoms with Crippen LogP contribution < -0.4 is 10.3 Å². The van der Waals surface area contributed by atoms with Gasteiger partial charge in [0.05, 0.1) is 12.3 Å². The molecular formula is C19H20ClN3O2. The van der Waals surface area contributed by atoms with Gasteiger partial charge in [-0.3, -0.25) is 4.79 Å². The Kier molecular flexibility index (Phi) is 5.24. The van der Waals surface area contributed by atoms with Crippen molar-refractivity contribution < 1.29 is 9.90 Å². The van der Waals surface area contributed by atoms with Crippen LogP contribution in [0.3, 0.4) is 0 Å². The van der Waals surface area contributed by atoms with Crippen molar-refractivity contribution in [2.75, 3.05) is 18.0 Å². The van der Waals surface area contributed by atoms with Gasteiger partial charge in [0.1, 0.15) is 5.75 Å². The molecule has 1 amide bonds. The number of halogens is 1. The summed E-state index contributed by atoms with van der Waals surface area (Å²) in [7, 11) is 0. The SMILES string of the molecule is C/C(=N\NC(=O)CN1CCCc2ccccc21)c1cc(Cl)ccc1O. The number of para-hydroxylation sites is 1. The predicted molar refractivity (Wildman–Crippen MR) is 100 cm³/mol. The monoisotopic (exact) mass is 357 g/mol. The van der Waals surface area contributed by atoms with Gasteiger partial charge >= 0.3 is 0 Å². The number of aryl methyl sites for hydroxylation is 1. The Hall–Kier alpha value is -2.53. The van der Waals surface area contributed by atoms with E-state index >= 15 is 0 Å². The second-order valence-electron chi connectivity index (χ2n) is 6.05. The number of anilines is 1. The number of nitrogens with zero attached hydrogens (tertiary/aromatic N) is 2. The van der Waals surface area contributed by atoms with Crippen LogP contribution in [-0.2, 0) is 11.2 Å². The standard InChI is InChI=1S/C19H20ClN3O2/c1-13(16-11-15(20)8-9-18(16)24)21-22-19(25)12-23-10-4-6-14-5-2-3-7-17(14)23/h2-3,5,7-9,11,24H,4,6,10,12H2,1H3,(H,22,25)/b21-13+. The molecule has 2 N–H and O–H groups in total. The van der Waals surface area contributed by atoms with Crippen molar-refractivity contribution in [1.82, 2.24) is 5.43 Å². The first kappa shape index (κ1) is 17.3. The summed E-state index contributed by atoms with van der Waals surface area (Å²) in [5.41, 5.74) is 5.93. The van der Waals surface area contributed by atoms with Crippen molar-refractivity contribution in [2.45, 2.75) is 19.8 Å². The summed E-state index contributed by atoms with van der Waals surface area (Å²) in [5, 5.41) is 14.5. The minimum absolute atomic E-state index is 0.0739. The average molecular weight is 358 g/mol. The fourth-order valence-corrected chi connectivity index (χ4v) is 3.16. The first-order chi connectivity index (χ1) is 12.0. The smallest absolute Gasteiger partial charge is 0.259 e. The number of fused-ring (bicyclic) bond motifs is 1. The number of hydrogen-bond acceptors (Lipinski definition) is 4. The summed E-state index contributed by atoms with van der Waals surface area (Å²) in [5.74, 6) is -0.123. The lowest BCUT2D eigenvalue weighted by atomic mass is 10.0. The molecule has 0 spiro atoms. The topological polar surface area (TPSA) is 64.9 Å². The van der Waals surface area contributed by atoms with E-state index in [4.69, 9.17) is 11.6 Å². The number of phenols is 1. The summed E-state index contributed by atoms with van der Waals surface area (Å²) < 4.78 is 0. The van der Waals surface area contributed by atoms with Crippen LogP contribution in [0.15, 0.2) is 47.6 Å². The van der Waals surface area contributed by atoms with Crippen LogP contribution >= 0.6 is 11.6 Å². The molecule has 3 rings (SSSR count). The van der Waals surface area contributed by atoms with Crippen LogP contribution in [0, 0.1) is 0 Å². The number of hydrogen-bond donors (Lipinski definition) is 2. The number of amides is 1. The van der Waals surface area contributed by atoms with Gasteiger partial charge in [-0.25, -0.2) is 5.43 Å². The molecule has 0 radical (unpaired) electrons. The highest BCUT2D eigenvalue weighted by Crippen LogP contribution is 2.26. The van der Waals surface area contributed by atoms with Crippen LogP contribution in [0.25, 0.3) is 0 Å². The molecule has 0 aromatic heterocycles. The number of phenolic OH excluding ortho intramolecular Hbond substituents is 1. The van der Waals surface area contributed by atoms with E-state index in [0.29, 0.717) is 16.3 Å². The number of benzene rings is 2. The first-order valence-electron chi connectivity index (χ1n) is 8.19. The van der Waals surface area contributed by atoms with Crippen molar-refractivity contribution in [1.29, 1.82) is 0 Å². The minimum Gasteiger partial charge on any atom is -0.507 e. The van der Waals surface area contributed by atoms with Gasteiger partial charge < -0.3 is 10.0 Å². The number of hydrazone groups is 1. The van der Waals surface area contributed by atoms with Crippen LogP contribution in [-0.4, -0.2) is 29.8 Å². The molecule has 1 heterocycles. The molecule has 25 heavy (non-hydrogen) atoms. The Morgan fingerprint density at radius 2 is 2.12 bits per heavy atom. The zero-order chi connectivity index (χ0) is 17.8. The Morgan fingerprint density at radius 1 is 1.32 bits per heavy atom. The van der Waals surface area contributed by atoms with Crippen molar-refractivity contribution in [3.05, 3.63) is 58.6 Å². The van der Waals surface area contributed by atoms with Crippen molar-refractivity contribution in [3.63, 3.8) is 0 Å². The predicted octanol–water partition coefficient (Wildman–Crippen LogP) is 3.34. The van der Waals surface area contributed by atoms with Crippen molar-refractivity contribution in [2.24, 2.45) is 5.10 Å². The summed E-state index contributed by atoms with van der Waals surface area (Å²) in [6.07, 6.45) is 2.07. The largest absolute Gasteiger partial charge is 0.507 e. The van der Waals surface area contributed by atoms with E-state index in [1.54, 1.807) is 19.1 Å². The molecule has 0 saturated carbocycles. The lowest BCUT2D eigenvalue weighted by Gasteiger charge is -2.30. The Balaban J connectivity index is 1.66. The van der Waals surface area contributed by atoms with Gasteiger partial charge in [0.2, 0.25) is 0 Å². The molecule has 5 nitrogen and oxygen atoms in total. The molecule has 6 heteroatoms. The molecule has 1 aliphatic heterocycles. The zero-order valence-electron chi connectivity index (χ0n) is 14.0. The lowest BCUT2D eigenvalue weighted by molar-refractivity contribution is -0.119. The highest BCUT2D eigenvalue weighted by atomic mass is 35.5. The zero-order valence-corrected chi connectivity index (χ0v) is 14.8. The Labute approximate surface area is 151 Å². The molecule has 2 aromatic carbocycles. The van der Waals surface area contributed by atoms with Crippen LogP contribution in [0.2, 0.25) is 5.02 Å². The summed E-state index contributed by atoms with van der Waals surface area (Å²) in [6.45, 7) is 2.80. The van der Waals surface area contributed by atoms with Crippen LogP contribution in [0.1, 0.15) is 24.5 Å². The van der Waals surface area contributed by atoms with E-state index in [9.17, 15) is 9.90 Å². The molecule has 0 aliphatic carbocycles. The number of rotatable bonds is 4. The number of carbonyl (C=O) groups is 1. The van der Waals surface area contributed by atoms with Gasteiger partial charge in [-0.1, -0.05) is 29.8 Å². The third-order valence-corrected chi connectivity index (χ3v) is 4.47. The third kappa shape index (κ3) is 4.12. The van der Waals surface area contributed by atoms with Crippen molar-refractivity contribution in [3.8, 4) is 5.75 Å². The van der Waals surface area contributed by atoms with E-state index in [2.05, 4.69) is 21.5 Å². The normalized spacial score (nSPS) is 14.2. The maximum atomic E-state index is 12.3. The van der Waals surface area contributed by atoms with Gasteiger partial charge in [-0.2, -0.15) is 5.10 Å². The fourth-order valence-electron chi connectivity index (χ4n) is 2.99. The highest BCUT2D eigenvalue weighted by molar-refractivity contribution is 6.31. The van der Waals surface area contributed by atoms with E-state index in [0.717, 1.165) is 25.1 Å². The molecule has 2 aromatic rings. The van der Waals surface area contributed by atoms with E-state index in [1.807, 2.05) is 18.2 Å². The van der Waals surface area contributed by atoms with Gasteiger partial charge in [0, 0.05) is 22.8 Å². The fraction of sp³-hybridized carbons (Fsp3) is 0.263. The average Bonchev–Trinajstić information content (AvgIpc) is 2.62. The van der Waals surface area contributed by atoms with E-state index < -0.39 is 0 Å². The maximum absolute atomic E-state index is 12.3. The number of nitrogens with one attached hydrogen (secondary N) is 1. The minimum atomic E-state index is -0.197. The van der Waals surface area contributed by atoms with Crippen LogP contribution in [0.4, 0.5) is 5.69 Å². The molecule has 0 unspecified atom stereocenters. The van der Waals surface area contributed by atoms with Gasteiger partial charge in [0.15, 0.2) is 0 Å². The lowest BCUT2D eigenvalue weighted by Crippen LogP contribution is -2.38. The summed E-state index contributed by atoms with van der Waals surface area (Å²) in [6, 6.07) is 12.9. The van der Waals surface area contributed by atoms with Gasteiger partial charge in [-0.15, -0.1) is 0 Å². The second-order valence-corrected chi connectivity index (χ2v) is 6.48. The third-order valence-electron chi connectivity index (χ3n) is 4.24. The molecule has 0 fully saturated rings. The Bertz CT molecular complexity index is 820. The molecule has 130 valence electrons. The second kappa shape index (κ2) is 7.57. The van der Waals surface area contributed by atoms with Gasteiger partial charge in [0.25, 0.3) is 5.91 Å². The maximum Gasteiger partial charge on any atom is 0.259 e. The molecular weight excluding hydrogens is 338 g/mol. The summed E-state index contributed by atoms with van der Waals surface area (Å²) in [4.78, 5) is 14.3. The quantitative estimate of drug-likeness (QED) is 0.651. The molecule has 0 saturated heterocycles. The molecule has 0 bridgehead atoms. The highest BCUT2D eigenvalue weighted by Gasteiger charge is 2.18. The first-order valence-corrected chi connectivity index (χ1v) is 8.57. The molecule has 1 aliphatic rings. The molecule has 0 atom stereocenters. The van der Waals surface area contributed by atoms with Crippen molar-refractivity contribution >= 4 is 28.9 Å². The number of carbonyl (C=O) groups excluding carboxylic acids is 1. The number of aromatic hydroxyl groups is 1. The Morgan fingerprint density at radius 3 is 2.96 bits per heavy atom. The van der Waals surface area contributed by atoms with E-state index in [-0.39, 0.29) is 18.2 Å². The summed E-state index contributed by atoms with van der Waals surface area (Å²) >= 11 is 5.94. The van der Waals surface area contributed by atoms with Gasteiger partial charge in [-0.05, 0) is 49.6 Å².